The summed E-state index contributed by atoms with van der Waals surface area (Å²) in [6, 6.07) is 5.73. The molecule has 0 fully saturated rings. The van der Waals surface area contributed by atoms with Crippen molar-refractivity contribution in [2.75, 3.05) is 6.61 Å². The molecule has 0 aliphatic heterocycles. The number of carbonyl (C=O) groups is 1. The molecule has 0 unspecified atom stereocenters. The van der Waals surface area contributed by atoms with Crippen molar-refractivity contribution in [2.45, 2.75) is 79.9 Å². The van der Waals surface area contributed by atoms with Gasteiger partial charge in [0.2, 0.25) is 0 Å². The van der Waals surface area contributed by atoms with Gasteiger partial charge in [0.15, 0.2) is 0 Å². The fraction of sp³-hybridized carbons (Fsp3) is 0.519. The van der Waals surface area contributed by atoms with E-state index in [0.29, 0.717) is 35.4 Å². The highest BCUT2D eigenvalue weighted by Gasteiger charge is 2.30. The van der Waals surface area contributed by atoms with E-state index in [1.54, 1.807) is 15.9 Å². The second-order valence-corrected chi connectivity index (χ2v) is 11.2. The molecule has 2 heterocycles. The minimum atomic E-state index is -1.03. The monoisotopic (exact) mass is 499 g/mol. The molecular weight excluding hydrogens is 462 g/mol. The minimum Gasteiger partial charge on any atom is -0.491 e. The number of hydrogen-bond acceptors (Lipinski definition) is 5. The van der Waals surface area contributed by atoms with E-state index >= 15 is 0 Å². The predicted octanol–water partition coefficient (Wildman–Crippen LogP) is 6.55. The van der Waals surface area contributed by atoms with E-state index in [2.05, 4.69) is 11.9 Å². The van der Waals surface area contributed by atoms with Crippen molar-refractivity contribution >= 4 is 28.2 Å². The van der Waals surface area contributed by atoms with Gasteiger partial charge in [0.25, 0.3) is 5.56 Å². The second-order valence-electron chi connectivity index (χ2n) is 10.4. The van der Waals surface area contributed by atoms with Crippen LogP contribution >= 0.6 is 11.3 Å². The molecule has 3 rings (SSSR count). The van der Waals surface area contributed by atoms with Crippen LogP contribution in [0.1, 0.15) is 65.8 Å². The summed E-state index contributed by atoms with van der Waals surface area (Å²) in [5.41, 5.74) is 1.67. The Hall–Kier alpha value is -2.87. The molecule has 0 spiro atoms. The van der Waals surface area contributed by atoms with Crippen LogP contribution in [0.3, 0.4) is 0 Å². The Kier molecular flexibility index (Phi) is 8.26. The third-order valence-corrected chi connectivity index (χ3v) is 6.84. The van der Waals surface area contributed by atoms with Crippen molar-refractivity contribution < 1.29 is 14.6 Å². The number of ether oxygens (including phenoxy) is 1. The Labute approximate surface area is 211 Å². The second kappa shape index (κ2) is 10.8. The van der Waals surface area contributed by atoms with E-state index < -0.39 is 11.6 Å². The van der Waals surface area contributed by atoms with Crippen LogP contribution in [0, 0.1) is 12.8 Å². The van der Waals surface area contributed by atoms with Crippen molar-refractivity contribution in [3.8, 4) is 16.3 Å². The molecule has 35 heavy (non-hydrogen) atoms. The smallest absolute Gasteiger partial charge is 0.408 e. The number of aryl methyl sites for hydroxylation is 1. The fourth-order valence-electron chi connectivity index (χ4n) is 4.02. The minimum absolute atomic E-state index is 0.0543. The van der Waals surface area contributed by atoms with Crippen LogP contribution in [0.25, 0.3) is 21.3 Å². The Morgan fingerprint density at radius 3 is 2.51 bits per heavy atom. The first kappa shape index (κ1) is 26.7. The first-order valence-corrected chi connectivity index (χ1v) is 13.1. The Morgan fingerprint density at radius 1 is 1.26 bits per heavy atom. The average molecular weight is 500 g/mol. The number of aromatic nitrogens is 2. The van der Waals surface area contributed by atoms with Crippen LogP contribution in [0.15, 0.2) is 28.4 Å². The largest absolute Gasteiger partial charge is 0.491 e. The molecule has 190 valence electrons. The Bertz CT molecular complexity index is 1250. The number of thiazole rings is 1. The number of amides is 1. The van der Waals surface area contributed by atoms with Crippen molar-refractivity contribution in [3.05, 3.63) is 45.3 Å². The molecular formula is C27H37N3O4S. The molecule has 0 bridgehead atoms. The van der Waals surface area contributed by atoms with E-state index in [9.17, 15) is 14.7 Å². The molecule has 1 aromatic carbocycles. The highest BCUT2D eigenvalue weighted by Crippen LogP contribution is 2.35. The van der Waals surface area contributed by atoms with Gasteiger partial charge < -0.3 is 14.4 Å². The number of carboxylic acid groups (broad SMARTS) is 1. The summed E-state index contributed by atoms with van der Waals surface area (Å²) in [7, 11) is 0. The maximum absolute atomic E-state index is 13.7. The molecule has 1 N–H and O–H groups in total. The number of fused-ring (bicyclic) bond motifs is 1. The number of unbranched alkanes of at least 4 members (excludes halogenated alkanes) is 1. The Morgan fingerprint density at radius 2 is 1.97 bits per heavy atom. The maximum atomic E-state index is 13.7. The summed E-state index contributed by atoms with van der Waals surface area (Å²) in [6.45, 7) is 14.7. The van der Waals surface area contributed by atoms with Crippen LogP contribution in [0.2, 0.25) is 0 Å². The predicted molar refractivity (Wildman–Crippen MR) is 143 cm³/mol. The van der Waals surface area contributed by atoms with Gasteiger partial charge >= 0.3 is 6.09 Å². The molecule has 3 aromatic rings. The van der Waals surface area contributed by atoms with Crippen LogP contribution in [-0.2, 0) is 13.1 Å². The lowest BCUT2D eigenvalue weighted by atomic mass is 10.0. The molecule has 0 aliphatic carbocycles. The zero-order valence-corrected chi connectivity index (χ0v) is 22.7. The summed E-state index contributed by atoms with van der Waals surface area (Å²) < 4.78 is 8.07. The molecule has 0 saturated heterocycles. The maximum Gasteiger partial charge on any atom is 0.408 e. The van der Waals surface area contributed by atoms with Gasteiger partial charge in [-0.3, -0.25) is 9.69 Å². The third kappa shape index (κ3) is 6.04. The zero-order chi connectivity index (χ0) is 25.9. The summed E-state index contributed by atoms with van der Waals surface area (Å²) in [5, 5.41) is 14.2. The van der Waals surface area contributed by atoms with Crippen LogP contribution in [0.5, 0.6) is 5.75 Å². The molecule has 0 saturated carbocycles. The van der Waals surface area contributed by atoms with E-state index in [-0.39, 0.29) is 18.0 Å². The van der Waals surface area contributed by atoms with Gasteiger partial charge in [0.05, 0.1) is 24.2 Å². The first-order chi connectivity index (χ1) is 16.4. The molecule has 8 heteroatoms. The lowest BCUT2D eigenvalue weighted by Gasteiger charge is -2.34. The topological polar surface area (TPSA) is 84.7 Å². The summed E-state index contributed by atoms with van der Waals surface area (Å²) >= 11 is 1.56. The van der Waals surface area contributed by atoms with E-state index in [0.717, 1.165) is 29.1 Å². The first-order valence-electron chi connectivity index (χ1n) is 12.2. The molecule has 2 aromatic heterocycles. The fourth-order valence-corrected chi connectivity index (χ4v) is 4.82. The quantitative estimate of drug-likeness (QED) is 0.338. The number of pyridine rings is 1. The van der Waals surface area contributed by atoms with Crippen molar-refractivity contribution in [3.63, 3.8) is 0 Å². The summed E-state index contributed by atoms with van der Waals surface area (Å²) in [4.78, 5) is 32.0. The standard InChI is InChI=1S/C27H37N3O4S/c1-8-9-12-34-23-21-13-19(24-28-18(4)16-35-24)10-11-20(21)25(31)29(14-17(2)3)22(23)15-30(26(32)33)27(5,6)7/h10-11,13,16-17H,8-9,12,14-15H2,1-7H3,(H,32,33). The molecule has 7 nitrogen and oxygen atoms in total. The average Bonchev–Trinajstić information content (AvgIpc) is 3.20. The lowest BCUT2D eigenvalue weighted by molar-refractivity contribution is 0.0927. The van der Waals surface area contributed by atoms with Gasteiger partial charge in [-0.15, -0.1) is 11.3 Å². The number of rotatable bonds is 9. The van der Waals surface area contributed by atoms with Gasteiger partial charge in [-0.2, -0.15) is 0 Å². The molecule has 0 atom stereocenters. The van der Waals surface area contributed by atoms with E-state index in [1.165, 1.54) is 4.90 Å². The Balaban J connectivity index is 2.34. The zero-order valence-electron chi connectivity index (χ0n) is 21.8. The van der Waals surface area contributed by atoms with Gasteiger partial charge in [0.1, 0.15) is 10.8 Å². The van der Waals surface area contributed by atoms with Crippen LogP contribution < -0.4 is 10.3 Å². The van der Waals surface area contributed by atoms with E-state index in [1.807, 2.05) is 65.1 Å². The van der Waals surface area contributed by atoms with Crippen molar-refractivity contribution in [1.29, 1.82) is 0 Å². The normalized spacial score (nSPS) is 11.9. The number of nitrogens with zero attached hydrogens (tertiary/aromatic N) is 3. The highest BCUT2D eigenvalue weighted by molar-refractivity contribution is 7.13. The highest BCUT2D eigenvalue weighted by atomic mass is 32.1. The molecule has 0 radical (unpaired) electrons. The summed E-state index contributed by atoms with van der Waals surface area (Å²) in [5.74, 6) is 0.775. The number of benzene rings is 1. The third-order valence-electron chi connectivity index (χ3n) is 5.83. The SMILES string of the molecule is CCCCOc1c(CN(C(=O)O)C(C)(C)C)n(CC(C)C)c(=O)c2ccc(-c3nc(C)cs3)cc12. The van der Waals surface area contributed by atoms with Crippen molar-refractivity contribution in [2.24, 2.45) is 5.92 Å². The van der Waals surface area contributed by atoms with Gasteiger partial charge in [0, 0.05) is 34.1 Å². The molecule has 0 aliphatic rings. The summed E-state index contributed by atoms with van der Waals surface area (Å²) in [6.07, 6.45) is 0.788. The molecule has 1 amide bonds. The van der Waals surface area contributed by atoms with Gasteiger partial charge in [-0.1, -0.05) is 33.3 Å². The van der Waals surface area contributed by atoms with Gasteiger partial charge in [-0.25, -0.2) is 9.78 Å². The number of hydrogen-bond donors (Lipinski definition) is 1. The van der Waals surface area contributed by atoms with E-state index in [4.69, 9.17) is 4.74 Å². The van der Waals surface area contributed by atoms with Crippen molar-refractivity contribution in [1.82, 2.24) is 14.5 Å². The van der Waals surface area contributed by atoms with Gasteiger partial charge in [-0.05, 0) is 52.2 Å². The van der Waals surface area contributed by atoms with Crippen LogP contribution in [-0.4, -0.2) is 37.8 Å². The lowest BCUT2D eigenvalue weighted by Crippen LogP contribution is -2.45. The van der Waals surface area contributed by atoms with Crippen LogP contribution in [0.4, 0.5) is 4.79 Å².